The SMILES string of the molecule is Cc1nn(COCC[Si](C)(C)C)c(N)c1C. The van der Waals surface area contributed by atoms with Gasteiger partial charge in [-0.25, -0.2) is 4.68 Å². The van der Waals surface area contributed by atoms with Crippen molar-refractivity contribution in [3.05, 3.63) is 11.3 Å². The molecule has 1 heterocycles. The number of nitrogen functional groups attached to an aromatic ring is 1. The molecular formula is C11H23N3OSi. The second-order valence-electron chi connectivity index (χ2n) is 5.44. The summed E-state index contributed by atoms with van der Waals surface area (Å²) in [5, 5.41) is 4.32. The van der Waals surface area contributed by atoms with E-state index < -0.39 is 8.07 Å². The molecule has 0 fully saturated rings. The lowest BCUT2D eigenvalue weighted by Crippen LogP contribution is -2.22. The van der Waals surface area contributed by atoms with E-state index in [0.717, 1.165) is 17.9 Å². The van der Waals surface area contributed by atoms with Crippen molar-refractivity contribution in [3.8, 4) is 0 Å². The summed E-state index contributed by atoms with van der Waals surface area (Å²) >= 11 is 0. The summed E-state index contributed by atoms with van der Waals surface area (Å²) in [6.45, 7) is 12.2. The molecule has 0 radical (unpaired) electrons. The fourth-order valence-electron chi connectivity index (χ4n) is 1.32. The first-order chi connectivity index (χ1) is 7.31. The lowest BCUT2D eigenvalue weighted by molar-refractivity contribution is 0.0799. The monoisotopic (exact) mass is 241 g/mol. The number of rotatable bonds is 5. The van der Waals surface area contributed by atoms with E-state index in [1.54, 1.807) is 4.68 Å². The van der Waals surface area contributed by atoms with Gasteiger partial charge in [0.1, 0.15) is 12.5 Å². The zero-order chi connectivity index (χ0) is 12.3. The van der Waals surface area contributed by atoms with E-state index in [4.69, 9.17) is 10.5 Å². The topological polar surface area (TPSA) is 53.1 Å². The molecule has 1 rings (SSSR count). The van der Waals surface area contributed by atoms with E-state index >= 15 is 0 Å². The Morgan fingerprint density at radius 3 is 2.38 bits per heavy atom. The molecule has 1 aromatic heterocycles. The number of aryl methyl sites for hydroxylation is 1. The summed E-state index contributed by atoms with van der Waals surface area (Å²) in [6, 6.07) is 1.17. The maximum atomic E-state index is 5.90. The van der Waals surface area contributed by atoms with Crippen LogP contribution in [-0.2, 0) is 11.5 Å². The Bertz CT molecular complexity index is 355. The van der Waals surface area contributed by atoms with Gasteiger partial charge in [0.2, 0.25) is 0 Å². The first-order valence-electron chi connectivity index (χ1n) is 5.68. The average molecular weight is 241 g/mol. The van der Waals surface area contributed by atoms with Crippen LogP contribution in [0.3, 0.4) is 0 Å². The number of ether oxygens (including phenoxy) is 1. The van der Waals surface area contributed by atoms with E-state index in [-0.39, 0.29) is 0 Å². The van der Waals surface area contributed by atoms with Crippen LogP contribution in [-0.4, -0.2) is 24.5 Å². The van der Waals surface area contributed by atoms with Crippen LogP contribution in [0.4, 0.5) is 5.82 Å². The van der Waals surface area contributed by atoms with Gasteiger partial charge in [-0.05, 0) is 19.9 Å². The zero-order valence-corrected chi connectivity index (χ0v) is 12.0. The van der Waals surface area contributed by atoms with Gasteiger partial charge in [-0.1, -0.05) is 19.6 Å². The maximum Gasteiger partial charge on any atom is 0.141 e. The number of nitrogens with zero attached hydrogens (tertiary/aromatic N) is 2. The Balaban J connectivity index is 2.41. The fraction of sp³-hybridized carbons (Fsp3) is 0.727. The summed E-state index contributed by atoms with van der Waals surface area (Å²) < 4.78 is 7.33. The highest BCUT2D eigenvalue weighted by atomic mass is 28.3. The molecule has 0 saturated carbocycles. The van der Waals surface area contributed by atoms with Crippen molar-refractivity contribution < 1.29 is 4.74 Å². The molecule has 0 aliphatic carbocycles. The molecule has 0 atom stereocenters. The van der Waals surface area contributed by atoms with Crippen LogP contribution in [0.2, 0.25) is 25.7 Å². The molecule has 0 aliphatic heterocycles. The number of nitrogens with two attached hydrogens (primary N) is 1. The summed E-state index contributed by atoms with van der Waals surface area (Å²) in [7, 11) is -1.00. The van der Waals surface area contributed by atoms with Crippen LogP contribution >= 0.6 is 0 Å². The van der Waals surface area contributed by atoms with Crippen LogP contribution in [0.1, 0.15) is 11.3 Å². The minimum Gasteiger partial charge on any atom is -0.384 e. The molecule has 1 aromatic rings. The predicted molar refractivity (Wildman–Crippen MR) is 70.2 cm³/mol. The van der Waals surface area contributed by atoms with Crippen molar-refractivity contribution >= 4 is 13.9 Å². The number of hydrogen-bond acceptors (Lipinski definition) is 3. The third-order valence-electron chi connectivity index (χ3n) is 2.69. The fourth-order valence-corrected chi connectivity index (χ4v) is 2.07. The normalized spacial score (nSPS) is 12.1. The molecular weight excluding hydrogens is 218 g/mol. The first kappa shape index (κ1) is 13.3. The van der Waals surface area contributed by atoms with E-state index in [9.17, 15) is 0 Å². The Morgan fingerprint density at radius 2 is 1.94 bits per heavy atom. The van der Waals surface area contributed by atoms with Gasteiger partial charge in [-0.3, -0.25) is 0 Å². The number of anilines is 1. The minimum absolute atomic E-state index is 0.463. The highest BCUT2D eigenvalue weighted by Crippen LogP contribution is 2.14. The zero-order valence-electron chi connectivity index (χ0n) is 11.0. The first-order valence-corrected chi connectivity index (χ1v) is 9.39. The average Bonchev–Trinajstić information content (AvgIpc) is 2.40. The van der Waals surface area contributed by atoms with Crippen molar-refractivity contribution in [1.82, 2.24) is 9.78 Å². The highest BCUT2D eigenvalue weighted by Gasteiger charge is 2.12. The van der Waals surface area contributed by atoms with Gasteiger partial charge in [0.15, 0.2) is 0 Å². The Hall–Kier alpha value is -0.813. The summed E-state index contributed by atoms with van der Waals surface area (Å²) in [5.41, 5.74) is 7.93. The van der Waals surface area contributed by atoms with Crippen molar-refractivity contribution in [2.75, 3.05) is 12.3 Å². The molecule has 2 N–H and O–H groups in total. The summed E-state index contributed by atoms with van der Waals surface area (Å²) in [6.07, 6.45) is 0. The van der Waals surface area contributed by atoms with Crippen LogP contribution < -0.4 is 5.73 Å². The second-order valence-corrected chi connectivity index (χ2v) is 11.1. The molecule has 0 aromatic carbocycles. The quantitative estimate of drug-likeness (QED) is 0.636. The minimum atomic E-state index is -1.00. The Labute approximate surface area is 98.8 Å². The van der Waals surface area contributed by atoms with Crippen LogP contribution in [0, 0.1) is 13.8 Å². The van der Waals surface area contributed by atoms with Crippen molar-refractivity contribution in [1.29, 1.82) is 0 Å². The lowest BCUT2D eigenvalue weighted by atomic mass is 10.3. The third kappa shape index (κ3) is 3.64. The highest BCUT2D eigenvalue weighted by molar-refractivity contribution is 6.76. The maximum absolute atomic E-state index is 5.90. The largest absolute Gasteiger partial charge is 0.384 e. The Morgan fingerprint density at radius 1 is 1.31 bits per heavy atom. The molecule has 0 unspecified atom stereocenters. The molecule has 4 nitrogen and oxygen atoms in total. The predicted octanol–water partition coefficient (Wildman–Crippen LogP) is 2.39. The van der Waals surface area contributed by atoms with Crippen molar-refractivity contribution in [3.63, 3.8) is 0 Å². The Kier molecular flexibility index (Phi) is 4.15. The number of hydrogen-bond donors (Lipinski definition) is 1. The second kappa shape index (κ2) is 5.01. The van der Waals surface area contributed by atoms with Crippen molar-refractivity contribution in [2.24, 2.45) is 0 Å². The molecule has 0 amide bonds. The van der Waals surface area contributed by atoms with E-state index in [0.29, 0.717) is 12.5 Å². The van der Waals surface area contributed by atoms with Gasteiger partial charge in [0.25, 0.3) is 0 Å². The van der Waals surface area contributed by atoms with Crippen LogP contribution in [0.15, 0.2) is 0 Å². The molecule has 0 aliphatic rings. The van der Waals surface area contributed by atoms with Gasteiger partial charge in [-0.2, -0.15) is 5.10 Å². The van der Waals surface area contributed by atoms with Gasteiger partial charge in [0.05, 0.1) is 5.69 Å². The van der Waals surface area contributed by atoms with E-state index in [1.165, 1.54) is 6.04 Å². The summed E-state index contributed by atoms with van der Waals surface area (Å²) in [5.74, 6) is 0.713. The molecule has 16 heavy (non-hydrogen) atoms. The molecule has 0 saturated heterocycles. The van der Waals surface area contributed by atoms with Gasteiger partial charge >= 0.3 is 0 Å². The third-order valence-corrected chi connectivity index (χ3v) is 4.39. The van der Waals surface area contributed by atoms with Crippen LogP contribution in [0.25, 0.3) is 0 Å². The molecule has 0 spiro atoms. The standard InChI is InChI=1S/C11H23N3OSi/c1-9-10(2)13-14(11(9)12)8-15-6-7-16(3,4)5/h6-8,12H2,1-5H3. The molecule has 5 heteroatoms. The van der Waals surface area contributed by atoms with Crippen molar-refractivity contribution in [2.45, 2.75) is 46.3 Å². The smallest absolute Gasteiger partial charge is 0.141 e. The lowest BCUT2D eigenvalue weighted by Gasteiger charge is -2.15. The van der Waals surface area contributed by atoms with E-state index in [2.05, 4.69) is 24.7 Å². The van der Waals surface area contributed by atoms with Gasteiger partial charge in [0, 0.05) is 20.2 Å². The van der Waals surface area contributed by atoms with Gasteiger partial charge in [-0.15, -0.1) is 0 Å². The van der Waals surface area contributed by atoms with Crippen LogP contribution in [0.5, 0.6) is 0 Å². The molecule has 0 bridgehead atoms. The van der Waals surface area contributed by atoms with Gasteiger partial charge < -0.3 is 10.5 Å². The summed E-state index contributed by atoms with van der Waals surface area (Å²) in [4.78, 5) is 0. The molecule has 92 valence electrons. The van der Waals surface area contributed by atoms with E-state index in [1.807, 2.05) is 13.8 Å². The number of aromatic nitrogens is 2.